The molecule has 0 radical (unpaired) electrons. The van der Waals surface area contributed by atoms with E-state index in [0.29, 0.717) is 6.04 Å². The number of benzene rings is 1. The molecule has 120 valence electrons. The van der Waals surface area contributed by atoms with Crippen LogP contribution in [0.4, 0.5) is 0 Å². The number of hydrogen-bond acceptors (Lipinski definition) is 2. The molecule has 1 aromatic carbocycles. The summed E-state index contributed by atoms with van der Waals surface area (Å²) in [5.41, 5.74) is 1.26. The predicted molar refractivity (Wildman–Crippen MR) is 95.5 cm³/mol. The molecule has 1 atom stereocenters. The van der Waals surface area contributed by atoms with Gasteiger partial charge < -0.3 is 5.32 Å². The summed E-state index contributed by atoms with van der Waals surface area (Å²) < 4.78 is 0. The maximum atomic E-state index is 6.44. The number of halogens is 4. The highest BCUT2D eigenvalue weighted by Crippen LogP contribution is 2.43. The fourth-order valence-corrected chi connectivity index (χ4v) is 3.73. The second-order valence-corrected chi connectivity index (χ2v) is 6.43. The standard InChI is InChI=1S/C15H20Cl2N2.2ClH/c16-12-4-5-13(14(17)10-12)15(11-2-1-3-11)19-8-6-18-7-9-19;;/h4-5,10-11,15,18H,1-3,6-9H2;2*1H/t15-;;/m0../s1. The lowest BCUT2D eigenvalue weighted by Crippen LogP contribution is -2.47. The van der Waals surface area contributed by atoms with Crippen molar-refractivity contribution in [1.82, 2.24) is 10.2 Å². The van der Waals surface area contributed by atoms with Crippen molar-refractivity contribution in [3.8, 4) is 0 Å². The molecule has 0 amide bonds. The SMILES string of the molecule is Cl.Cl.Clc1ccc([C@H](C2CCC2)N2CCNCC2)c(Cl)c1. The maximum Gasteiger partial charge on any atom is 0.0468 e. The number of nitrogens with one attached hydrogen (secondary N) is 1. The van der Waals surface area contributed by atoms with Gasteiger partial charge in [0, 0.05) is 42.3 Å². The van der Waals surface area contributed by atoms with Crippen molar-refractivity contribution in [2.45, 2.75) is 25.3 Å². The average molecular weight is 372 g/mol. The highest BCUT2D eigenvalue weighted by Gasteiger charge is 2.34. The van der Waals surface area contributed by atoms with Gasteiger partial charge in [-0.3, -0.25) is 4.90 Å². The van der Waals surface area contributed by atoms with Crippen molar-refractivity contribution in [2.75, 3.05) is 26.2 Å². The zero-order chi connectivity index (χ0) is 13.2. The molecule has 2 fully saturated rings. The Balaban J connectivity index is 0.00000110. The van der Waals surface area contributed by atoms with Crippen LogP contribution in [0.1, 0.15) is 30.9 Å². The number of nitrogens with zero attached hydrogens (tertiary/aromatic N) is 1. The molecule has 21 heavy (non-hydrogen) atoms. The van der Waals surface area contributed by atoms with E-state index in [4.69, 9.17) is 23.2 Å². The van der Waals surface area contributed by atoms with Gasteiger partial charge in [-0.2, -0.15) is 0 Å². The molecule has 0 spiro atoms. The van der Waals surface area contributed by atoms with Gasteiger partial charge in [-0.15, -0.1) is 24.8 Å². The van der Waals surface area contributed by atoms with Crippen LogP contribution >= 0.6 is 48.0 Å². The molecular formula is C15H22Cl4N2. The van der Waals surface area contributed by atoms with E-state index in [1.807, 2.05) is 12.1 Å². The molecule has 2 nitrogen and oxygen atoms in total. The predicted octanol–water partition coefficient (Wildman–Crippen LogP) is 4.58. The number of piperazine rings is 1. The quantitative estimate of drug-likeness (QED) is 0.836. The van der Waals surface area contributed by atoms with Crippen molar-refractivity contribution < 1.29 is 0 Å². The van der Waals surface area contributed by atoms with Gasteiger partial charge in [0.1, 0.15) is 0 Å². The van der Waals surface area contributed by atoms with Crippen molar-refractivity contribution >= 4 is 48.0 Å². The maximum absolute atomic E-state index is 6.44. The zero-order valence-electron chi connectivity index (χ0n) is 11.9. The van der Waals surface area contributed by atoms with Crippen LogP contribution in [0, 0.1) is 5.92 Å². The van der Waals surface area contributed by atoms with E-state index in [2.05, 4.69) is 16.3 Å². The Morgan fingerprint density at radius 2 is 1.76 bits per heavy atom. The molecule has 3 rings (SSSR count). The first kappa shape index (κ1) is 19.3. The summed E-state index contributed by atoms with van der Waals surface area (Å²) in [6.07, 6.45) is 4.01. The van der Waals surface area contributed by atoms with Gasteiger partial charge in [0.15, 0.2) is 0 Å². The zero-order valence-corrected chi connectivity index (χ0v) is 15.0. The topological polar surface area (TPSA) is 15.3 Å². The van der Waals surface area contributed by atoms with E-state index in [1.165, 1.54) is 24.8 Å². The highest BCUT2D eigenvalue weighted by atomic mass is 35.5. The molecule has 0 bridgehead atoms. The van der Waals surface area contributed by atoms with Crippen LogP contribution in [0.5, 0.6) is 0 Å². The summed E-state index contributed by atoms with van der Waals surface area (Å²) in [6, 6.07) is 6.44. The lowest BCUT2D eigenvalue weighted by Gasteiger charge is -2.43. The summed E-state index contributed by atoms with van der Waals surface area (Å²) in [7, 11) is 0. The van der Waals surface area contributed by atoms with Crippen LogP contribution in [0.3, 0.4) is 0 Å². The van der Waals surface area contributed by atoms with Crippen molar-refractivity contribution in [2.24, 2.45) is 5.92 Å². The third-order valence-corrected chi connectivity index (χ3v) is 4.98. The Morgan fingerprint density at radius 1 is 1.10 bits per heavy atom. The summed E-state index contributed by atoms with van der Waals surface area (Å²) in [5.74, 6) is 0.761. The molecule has 0 aromatic heterocycles. The summed E-state index contributed by atoms with van der Waals surface area (Å²) in [5, 5.41) is 4.97. The molecule has 6 heteroatoms. The molecule has 1 saturated heterocycles. The van der Waals surface area contributed by atoms with E-state index < -0.39 is 0 Å². The Labute approximate surface area is 149 Å². The van der Waals surface area contributed by atoms with Crippen LogP contribution in [0.25, 0.3) is 0 Å². The summed E-state index contributed by atoms with van der Waals surface area (Å²) in [4.78, 5) is 2.59. The van der Waals surface area contributed by atoms with Gasteiger partial charge >= 0.3 is 0 Å². The van der Waals surface area contributed by atoms with Gasteiger partial charge in [0.25, 0.3) is 0 Å². The van der Waals surface area contributed by atoms with E-state index in [-0.39, 0.29) is 24.8 Å². The van der Waals surface area contributed by atoms with Gasteiger partial charge in [-0.1, -0.05) is 35.7 Å². The Morgan fingerprint density at radius 3 is 2.29 bits per heavy atom. The fraction of sp³-hybridized carbons (Fsp3) is 0.600. The second-order valence-electron chi connectivity index (χ2n) is 5.59. The fourth-order valence-electron chi connectivity index (χ4n) is 3.21. The molecule has 1 heterocycles. The molecule has 1 aliphatic carbocycles. The number of hydrogen-bond donors (Lipinski definition) is 1. The summed E-state index contributed by atoms with van der Waals surface area (Å²) >= 11 is 12.5. The second kappa shape index (κ2) is 8.81. The minimum Gasteiger partial charge on any atom is -0.314 e. The van der Waals surface area contributed by atoms with Gasteiger partial charge in [0.2, 0.25) is 0 Å². The van der Waals surface area contributed by atoms with Crippen LogP contribution in [0.2, 0.25) is 10.0 Å². The lowest BCUT2D eigenvalue weighted by molar-refractivity contribution is 0.0838. The van der Waals surface area contributed by atoms with Crippen molar-refractivity contribution in [3.63, 3.8) is 0 Å². The molecule has 2 aliphatic rings. The molecule has 1 aliphatic heterocycles. The van der Waals surface area contributed by atoms with Crippen LogP contribution in [-0.4, -0.2) is 31.1 Å². The average Bonchev–Trinajstić information content (AvgIpc) is 2.35. The van der Waals surface area contributed by atoms with Gasteiger partial charge in [-0.25, -0.2) is 0 Å². The van der Waals surface area contributed by atoms with Crippen LogP contribution in [-0.2, 0) is 0 Å². The van der Waals surface area contributed by atoms with Crippen molar-refractivity contribution in [3.05, 3.63) is 33.8 Å². The Hall–Kier alpha value is 0.300. The van der Waals surface area contributed by atoms with E-state index in [9.17, 15) is 0 Å². The molecular weight excluding hydrogens is 350 g/mol. The highest BCUT2D eigenvalue weighted by molar-refractivity contribution is 6.35. The van der Waals surface area contributed by atoms with E-state index in [1.54, 1.807) is 0 Å². The third-order valence-electron chi connectivity index (χ3n) is 4.42. The van der Waals surface area contributed by atoms with Crippen LogP contribution in [0.15, 0.2) is 18.2 Å². The minimum atomic E-state index is 0. The monoisotopic (exact) mass is 370 g/mol. The Bertz CT molecular complexity index is 445. The third kappa shape index (κ3) is 4.40. The minimum absolute atomic E-state index is 0. The molecule has 1 saturated carbocycles. The molecule has 1 N–H and O–H groups in total. The lowest BCUT2D eigenvalue weighted by atomic mass is 9.76. The van der Waals surface area contributed by atoms with Gasteiger partial charge in [-0.05, 0) is 36.5 Å². The first-order valence-electron chi connectivity index (χ1n) is 7.15. The first-order chi connectivity index (χ1) is 9.25. The van der Waals surface area contributed by atoms with Gasteiger partial charge in [0.05, 0.1) is 0 Å². The normalized spacial score (nSPS) is 20.9. The Kier molecular flexibility index (Phi) is 8.11. The van der Waals surface area contributed by atoms with E-state index in [0.717, 1.165) is 42.1 Å². The van der Waals surface area contributed by atoms with Crippen LogP contribution < -0.4 is 5.32 Å². The largest absolute Gasteiger partial charge is 0.314 e. The molecule has 1 aromatic rings. The first-order valence-corrected chi connectivity index (χ1v) is 7.91. The summed E-state index contributed by atoms with van der Waals surface area (Å²) in [6.45, 7) is 4.38. The number of rotatable bonds is 3. The smallest absolute Gasteiger partial charge is 0.0468 e. The molecule has 0 unspecified atom stereocenters. The van der Waals surface area contributed by atoms with E-state index >= 15 is 0 Å². The van der Waals surface area contributed by atoms with Crippen molar-refractivity contribution in [1.29, 1.82) is 0 Å².